The third kappa shape index (κ3) is 5.84. The van der Waals surface area contributed by atoms with Gasteiger partial charge in [0.05, 0.1) is 19.3 Å². The number of benzene rings is 3. The molecule has 3 rings (SSSR count). The van der Waals surface area contributed by atoms with Crippen LogP contribution >= 0.6 is 0 Å². The van der Waals surface area contributed by atoms with Gasteiger partial charge in [0.15, 0.2) is 6.04 Å². The zero-order chi connectivity index (χ0) is 21.2. The average molecular weight is 406 g/mol. The molecule has 0 heterocycles. The first-order chi connectivity index (χ1) is 14.7. The van der Waals surface area contributed by atoms with E-state index in [2.05, 4.69) is 5.32 Å². The summed E-state index contributed by atoms with van der Waals surface area (Å²) in [4.78, 5) is 14.4. The van der Waals surface area contributed by atoms with Crippen molar-refractivity contribution < 1.29 is 19.2 Å². The van der Waals surface area contributed by atoms with E-state index in [0.717, 1.165) is 16.2 Å². The first-order valence-corrected chi connectivity index (χ1v) is 10.3. The van der Waals surface area contributed by atoms with Crippen LogP contribution in [0.5, 0.6) is 11.5 Å². The number of rotatable bonds is 10. The molecule has 0 saturated carbocycles. The lowest BCUT2D eigenvalue weighted by atomic mass is 10.0. The molecule has 0 fully saturated rings. The van der Waals surface area contributed by atoms with Crippen LogP contribution in [-0.2, 0) is 4.79 Å². The van der Waals surface area contributed by atoms with Crippen molar-refractivity contribution in [3.8, 4) is 11.5 Å². The third-order valence-corrected chi connectivity index (χ3v) is 4.84. The van der Waals surface area contributed by atoms with Gasteiger partial charge in [0.25, 0.3) is 5.91 Å². The van der Waals surface area contributed by atoms with Crippen LogP contribution in [0, 0.1) is 0 Å². The Morgan fingerprint density at radius 1 is 0.900 bits per heavy atom. The van der Waals surface area contributed by atoms with Crippen molar-refractivity contribution in [3.63, 3.8) is 0 Å². The molecule has 0 aliphatic rings. The molecule has 156 valence electrons. The normalized spacial score (nSPS) is 12.6. The number of amides is 1. The Kier molecular flexibility index (Phi) is 7.86. The molecule has 3 aromatic carbocycles. The molecule has 1 amide bonds. The fourth-order valence-corrected chi connectivity index (χ4v) is 3.35. The van der Waals surface area contributed by atoms with Gasteiger partial charge in [-0.05, 0) is 31.2 Å². The van der Waals surface area contributed by atoms with Crippen molar-refractivity contribution in [2.75, 3.05) is 32.1 Å². The maximum atomic E-state index is 13.3. The smallest absolute Gasteiger partial charge is 0.287 e. The molecule has 5 heteroatoms. The summed E-state index contributed by atoms with van der Waals surface area (Å²) in [5.41, 5.74) is 1.64. The fraction of sp³-hybridized carbons (Fsp3) is 0.240. The molecule has 2 N–H and O–H groups in total. The highest BCUT2D eigenvalue weighted by Crippen LogP contribution is 2.25. The summed E-state index contributed by atoms with van der Waals surface area (Å²) in [5, 5.41) is 3.06. The van der Waals surface area contributed by atoms with E-state index in [-0.39, 0.29) is 11.9 Å². The summed E-state index contributed by atoms with van der Waals surface area (Å²) in [5.74, 6) is 1.42. The van der Waals surface area contributed by atoms with Crippen molar-refractivity contribution in [1.29, 1.82) is 0 Å². The minimum atomic E-state index is -0.375. The topological polar surface area (TPSA) is 52.0 Å². The predicted molar refractivity (Wildman–Crippen MR) is 119 cm³/mol. The first kappa shape index (κ1) is 21.4. The van der Waals surface area contributed by atoms with Crippen LogP contribution in [0.2, 0.25) is 0 Å². The van der Waals surface area contributed by atoms with Crippen LogP contribution in [0.3, 0.4) is 0 Å². The van der Waals surface area contributed by atoms with E-state index in [1.807, 2.05) is 98.9 Å². The van der Waals surface area contributed by atoms with Crippen LogP contribution in [0.15, 0.2) is 84.9 Å². The molecule has 0 radical (unpaired) electrons. The zero-order valence-corrected chi connectivity index (χ0v) is 17.5. The summed E-state index contributed by atoms with van der Waals surface area (Å²) in [6, 6.07) is 26.7. The number of para-hydroxylation sites is 3. The highest BCUT2D eigenvalue weighted by atomic mass is 16.5. The molecule has 2 atom stereocenters. The SMILES string of the molecule is CCOc1ccccc1NC(=O)[C@H](c1ccccc1)[NH+](C)CCOc1ccccc1. The largest absolute Gasteiger partial charge is 0.492 e. The average Bonchev–Trinajstić information content (AvgIpc) is 2.77. The number of anilines is 1. The van der Waals surface area contributed by atoms with E-state index in [0.29, 0.717) is 31.2 Å². The Morgan fingerprint density at radius 3 is 2.23 bits per heavy atom. The monoisotopic (exact) mass is 405 g/mol. The van der Waals surface area contributed by atoms with Crippen LogP contribution in [0.4, 0.5) is 5.69 Å². The molecule has 1 unspecified atom stereocenters. The van der Waals surface area contributed by atoms with Crippen molar-refractivity contribution in [1.82, 2.24) is 0 Å². The molecule has 0 aliphatic heterocycles. The van der Waals surface area contributed by atoms with Gasteiger partial charge in [-0.2, -0.15) is 0 Å². The van der Waals surface area contributed by atoms with Crippen LogP contribution in [-0.4, -0.2) is 32.7 Å². The predicted octanol–water partition coefficient (Wildman–Crippen LogP) is 3.36. The van der Waals surface area contributed by atoms with Crippen molar-refractivity contribution in [2.45, 2.75) is 13.0 Å². The first-order valence-electron chi connectivity index (χ1n) is 10.3. The lowest BCUT2D eigenvalue weighted by Crippen LogP contribution is -3.11. The molecule has 0 spiro atoms. The molecule has 3 aromatic rings. The Morgan fingerprint density at radius 2 is 1.53 bits per heavy atom. The lowest BCUT2D eigenvalue weighted by Gasteiger charge is -2.25. The summed E-state index contributed by atoms with van der Waals surface area (Å²) in [6.45, 7) is 3.66. The van der Waals surface area contributed by atoms with E-state index in [1.165, 1.54) is 0 Å². The number of nitrogens with one attached hydrogen (secondary N) is 2. The quantitative estimate of drug-likeness (QED) is 0.544. The molecule has 0 saturated heterocycles. The Hall–Kier alpha value is -3.31. The van der Waals surface area contributed by atoms with Crippen molar-refractivity contribution in [2.24, 2.45) is 0 Å². The molecule has 0 aliphatic carbocycles. The van der Waals surface area contributed by atoms with E-state index >= 15 is 0 Å². The molecular formula is C25H29N2O3+. The number of likely N-dealkylation sites (N-methyl/N-ethyl adjacent to an activating group) is 1. The lowest BCUT2D eigenvalue weighted by molar-refractivity contribution is -0.902. The van der Waals surface area contributed by atoms with E-state index in [1.54, 1.807) is 0 Å². The Bertz CT molecular complexity index is 916. The zero-order valence-electron chi connectivity index (χ0n) is 17.5. The molecule has 0 bridgehead atoms. The van der Waals surface area contributed by atoms with E-state index in [4.69, 9.17) is 9.47 Å². The summed E-state index contributed by atoms with van der Waals surface area (Å²) < 4.78 is 11.5. The van der Waals surface area contributed by atoms with E-state index in [9.17, 15) is 4.79 Å². The third-order valence-electron chi connectivity index (χ3n) is 4.84. The number of ether oxygens (including phenoxy) is 2. The van der Waals surface area contributed by atoms with Crippen LogP contribution in [0.1, 0.15) is 18.5 Å². The summed E-state index contributed by atoms with van der Waals surface area (Å²) in [6.07, 6.45) is 0. The van der Waals surface area contributed by atoms with Gasteiger partial charge >= 0.3 is 0 Å². The maximum Gasteiger partial charge on any atom is 0.287 e. The molecule has 30 heavy (non-hydrogen) atoms. The highest BCUT2D eigenvalue weighted by Gasteiger charge is 2.29. The van der Waals surface area contributed by atoms with Gasteiger partial charge in [-0.25, -0.2) is 0 Å². The molecule has 5 nitrogen and oxygen atoms in total. The second-order valence-electron chi connectivity index (χ2n) is 7.02. The Labute approximate surface area is 178 Å². The standard InChI is InChI=1S/C25H28N2O3/c1-3-29-23-17-11-10-16-22(23)26-25(28)24(20-12-6-4-7-13-20)27(2)18-19-30-21-14-8-5-9-15-21/h4-17,24H,3,18-19H2,1-2H3,(H,26,28)/p+1/t24-/m0/s1. The Balaban J connectivity index is 1.73. The van der Waals surface area contributed by atoms with Gasteiger partial charge in [-0.15, -0.1) is 0 Å². The van der Waals surface area contributed by atoms with Gasteiger partial charge in [0, 0.05) is 5.56 Å². The van der Waals surface area contributed by atoms with Gasteiger partial charge in [-0.3, -0.25) is 4.79 Å². The number of hydrogen-bond acceptors (Lipinski definition) is 3. The number of carbonyl (C=O) groups excluding carboxylic acids is 1. The second kappa shape index (κ2) is 11.0. The van der Waals surface area contributed by atoms with Gasteiger partial charge in [0.1, 0.15) is 24.7 Å². The molecular weight excluding hydrogens is 376 g/mol. The fourth-order valence-electron chi connectivity index (χ4n) is 3.35. The van der Waals surface area contributed by atoms with Crippen molar-refractivity contribution >= 4 is 11.6 Å². The van der Waals surface area contributed by atoms with Crippen LogP contribution in [0.25, 0.3) is 0 Å². The van der Waals surface area contributed by atoms with E-state index < -0.39 is 0 Å². The minimum Gasteiger partial charge on any atom is -0.492 e. The van der Waals surface area contributed by atoms with Gasteiger partial charge < -0.3 is 19.7 Å². The highest BCUT2D eigenvalue weighted by molar-refractivity contribution is 5.95. The second-order valence-corrected chi connectivity index (χ2v) is 7.02. The maximum absolute atomic E-state index is 13.3. The number of carbonyl (C=O) groups is 1. The minimum absolute atomic E-state index is 0.0782. The summed E-state index contributed by atoms with van der Waals surface area (Å²) in [7, 11) is 2.01. The number of hydrogen-bond donors (Lipinski definition) is 2. The van der Waals surface area contributed by atoms with Gasteiger partial charge in [0.2, 0.25) is 0 Å². The van der Waals surface area contributed by atoms with Gasteiger partial charge in [-0.1, -0.05) is 60.7 Å². The van der Waals surface area contributed by atoms with Crippen LogP contribution < -0.4 is 19.7 Å². The number of quaternary nitrogens is 1. The van der Waals surface area contributed by atoms with Crippen molar-refractivity contribution in [3.05, 3.63) is 90.5 Å². The summed E-state index contributed by atoms with van der Waals surface area (Å²) >= 11 is 0. The molecule has 0 aromatic heterocycles.